The first kappa shape index (κ1) is 15.3. The Kier molecular flexibility index (Phi) is 7.06. The lowest BCUT2D eigenvalue weighted by Gasteiger charge is -2.09. The molecule has 0 aliphatic rings. The van der Waals surface area contributed by atoms with Gasteiger partial charge >= 0.3 is 0 Å². The van der Waals surface area contributed by atoms with Crippen molar-refractivity contribution in [3.63, 3.8) is 0 Å². The minimum atomic E-state index is 0.710. The Bertz CT molecular complexity index is 331. The summed E-state index contributed by atoms with van der Waals surface area (Å²) < 4.78 is 7.42. The Morgan fingerprint density at radius 3 is 2.78 bits per heavy atom. The van der Waals surface area contributed by atoms with Crippen molar-refractivity contribution in [3.8, 4) is 0 Å². The second kappa shape index (κ2) is 8.33. The zero-order chi connectivity index (χ0) is 13.4. The van der Waals surface area contributed by atoms with E-state index in [0.717, 1.165) is 32.7 Å². The lowest BCUT2D eigenvalue weighted by molar-refractivity contribution is 0.191. The van der Waals surface area contributed by atoms with Gasteiger partial charge < -0.3 is 14.6 Å². The van der Waals surface area contributed by atoms with E-state index in [1.54, 1.807) is 7.11 Å². The summed E-state index contributed by atoms with van der Waals surface area (Å²) in [5, 5.41) is 3.50. The van der Waals surface area contributed by atoms with Crippen molar-refractivity contribution in [2.75, 3.05) is 20.3 Å². The fourth-order valence-electron chi connectivity index (χ4n) is 2.05. The van der Waals surface area contributed by atoms with Crippen LogP contribution >= 0.6 is 0 Å². The molecule has 0 bridgehead atoms. The molecule has 104 valence electrons. The second-order valence-corrected chi connectivity index (χ2v) is 5.34. The SMILES string of the molecule is COCCCCn1ccc(CNCC(C)C)c1C. The standard InChI is InChI=1S/C15H28N2O/c1-13(2)11-16-12-15-7-9-17(14(15)3)8-5-6-10-18-4/h7,9,13,16H,5-6,8,10-12H2,1-4H3. The molecule has 0 spiro atoms. The molecule has 0 atom stereocenters. The average Bonchev–Trinajstić information content (AvgIpc) is 2.67. The van der Waals surface area contributed by atoms with Gasteiger partial charge in [-0.1, -0.05) is 13.8 Å². The highest BCUT2D eigenvalue weighted by Gasteiger charge is 2.04. The number of aryl methyl sites for hydroxylation is 1. The molecule has 0 aromatic carbocycles. The summed E-state index contributed by atoms with van der Waals surface area (Å²) in [4.78, 5) is 0. The van der Waals surface area contributed by atoms with Crippen LogP contribution in [0.5, 0.6) is 0 Å². The molecule has 0 fully saturated rings. The molecule has 1 heterocycles. The van der Waals surface area contributed by atoms with E-state index in [1.807, 2.05) is 0 Å². The van der Waals surface area contributed by atoms with Crippen molar-refractivity contribution in [2.24, 2.45) is 5.92 Å². The number of ether oxygens (including phenoxy) is 1. The molecule has 1 aromatic rings. The minimum absolute atomic E-state index is 0.710. The third-order valence-corrected chi connectivity index (χ3v) is 3.22. The fraction of sp³-hybridized carbons (Fsp3) is 0.733. The normalized spacial score (nSPS) is 11.4. The van der Waals surface area contributed by atoms with Crippen molar-refractivity contribution in [3.05, 3.63) is 23.5 Å². The number of methoxy groups -OCH3 is 1. The molecule has 1 rings (SSSR count). The van der Waals surface area contributed by atoms with E-state index < -0.39 is 0 Å². The average molecular weight is 252 g/mol. The van der Waals surface area contributed by atoms with Crippen molar-refractivity contribution in [1.29, 1.82) is 0 Å². The van der Waals surface area contributed by atoms with Crippen molar-refractivity contribution in [2.45, 2.75) is 46.7 Å². The Balaban J connectivity index is 2.35. The summed E-state index contributed by atoms with van der Waals surface area (Å²) in [7, 11) is 1.76. The number of nitrogens with zero attached hydrogens (tertiary/aromatic N) is 1. The molecule has 0 saturated heterocycles. The van der Waals surface area contributed by atoms with E-state index in [4.69, 9.17) is 4.74 Å². The lowest BCUT2D eigenvalue weighted by Crippen LogP contribution is -2.19. The molecule has 0 aliphatic heterocycles. The molecule has 0 aliphatic carbocycles. The van der Waals surface area contributed by atoms with Gasteiger partial charge in [0, 0.05) is 38.7 Å². The van der Waals surface area contributed by atoms with Crippen LogP contribution < -0.4 is 5.32 Å². The first-order valence-corrected chi connectivity index (χ1v) is 6.99. The van der Waals surface area contributed by atoms with Gasteiger partial charge in [-0.15, -0.1) is 0 Å². The van der Waals surface area contributed by atoms with Gasteiger partial charge in [-0.3, -0.25) is 0 Å². The third kappa shape index (κ3) is 5.23. The third-order valence-electron chi connectivity index (χ3n) is 3.22. The van der Waals surface area contributed by atoms with Crippen molar-refractivity contribution in [1.82, 2.24) is 9.88 Å². The predicted octanol–water partition coefficient (Wildman–Crippen LogP) is 2.97. The van der Waals surface area contributed by atoms with E-state index in [9.17, 15) is 0 Å². The van der Waals surface area contributed by atoms with Crippen molar-refractivity contribution >= 4 is 0 Å². The Morgan fingerprint density at radius 2 is 2.11 bits per heavy atom. The highest BCUT2D eigenvalue weighted by molar-refractivity contribution is 5.20. The van der Waals surface area contributed by atoms with E-state index in [-0.39, 0.29) is 0 Å². The number of aromatic nitrogens is 1. The summed E-state index contributed by atoms with van der Waals surface area (Å²) >= 11 is 0. The Morgan fingerprint density at radius 1 is 1.33 bits per heavy atom. The van der Waals surface area contributed by atoms with Gasteiger partial charge in [0.15, 0.2) is 0 Å². The van der Waals surface area contributed by atoms with Gasteiger partial charge in [0.2, 0.25) is 0 Å². The summed E-state index contributed by atoms with van der Waals surface area (Å²) in [5.74, 6) is 0.710. The highest BCUT2D eigenvalue weighted by Crippen LogP contribution is 2.11. The Hall–Kier alpha value is -0.800. The maximum Gasteiger partial charge on any atom is 0.0462 e. The van der Waals surface area contributed by atoms with Crippen LogP contribution in [0.25, 0.3) is 0 Å². The van der Waals surface area contributed by atoms with Crippen LogP contribution in [0.3, 0.4) is 0 Å². The number of hydrogen-bond acceptors (Lipinski definition) is 2. The summed E-state index contributed by atoms with van der Waals surface area (Å²) in [6.45, 7) is 10.7. The van der Waals surface area contributed by atoms with Gasteiger partial charge in [-0.2, -0.15) is 0 Å². The van der Waals surface area contributed by atoms with Crippen LogP contribution in [0.2, 0.25) is 0 Å². The smallest absolute Gasteiger partial charge is 0.0462 e. The molecular weight excluding hydrogens is 224 g/mol. The van der Waals surface area contributed by atoms with E-state index in [1.165, 1.54) is 17.7 Å². The van der Waals surface area contributed by atoms with Crippen LogP contribution in [0, 0.1) is 12.8 Å². The summed E-state index contributed by atoms with van der Waals surface area (Å²) in [6.07, 6.45) is 4.52. The molecule has 1 aromatic heterocycles. The molecule has 18 heavy (non-hydrogen) atoms. The van der Waals surface area contributed by atoms with Crippen LogP contribution in [0.4, 0.5) is 0 Å². The lowest BCUT2D eigenvalue weighted by atomic mass is 10.2. The van der Waals surface area contributed by atoms with Gasteiger partial charge in [0.05, 0.1) is 0 Å². The van der Waals surface area contributed by atoms with Crippen LogP contribution in [-0.4, -0.2) is 24.8 Å². The van der Waals surface area contributed by atoms with E-state index in [0.29, 0.717) is 5.92 Å². The molecule has 3 heteroatoms. The van der Waals surface area contributed by atoms with Crippen LogP contribution in [0.15, 0.2) is 12.3 Å². The zero-order valence-corrected chi connectivity index (χ0v) is 12.3. The summed E-state index contributed by atoms with van der Waals surface area (Å²) in [6, 6.07) is 2.24. The zero-order valence-electron chi connectivity index (χ0n) is 12.3. The summed E-state index contributed by atoms with van der Waals surface area (Å²) in [5.41, 5.74) is 2.81. The number of nitrogens with one attached hydrogen (secondary N) is 1. The Labute approximate surface area is 112 Å². The molecule has 1 N–H and O–H groups in total. The van der Waals surface area contributed by atoms with Crippen molar-refractivity contribution < 1.29 is 4.74 Å². The number of hydrogen-bond donors (Lipinski definition) is 1. The maximum atomic E-state index is 5.07. The predicted molar refractivity (Wildman–Crippen MR) is 76.8 cm³/mol. The fourth-order valence-corrected chi connectivity index (χ4v) is 2.05. The van der Waals surface area contributed by atoms with Gasteiger partial charge in [-0.25, -0.2) is 0 Å². The van der Waals surface area contributed by atoms with Crippen LogP contribution in [0.1, 0.15) is 37.9 Å². The largest absolute Gasteiger partial charge is 0.385 e. The van der Waals surface area contributed by atoms with Gasteiger partial charge in [0.1, 0.15) is 0 Å². The van der Waals surface area contributed by atoms with Gasteiger partial charge in [0.25, 0.3) is 0 Å². The molecule has 0 unspecified atom stereocenters. The number of rotatable bonds is 9. The molecule has 0 saturated carbocycles. The quantitative estimate of drug-likeness (QED) is 0.684. The second-order valence-electron chi connectivity index (χ2n) is 5.34. The van der Waals surface area contributed by atoms with Gasteiger partial charge in [-0.05, 0) is 43.9 Å². The topological polar surface area (TPSA) is 26.2 Å². The van der Waals surface area contributed by atoms with Crippen LogP contribution in [-0.2, 0) is 17.8 Å². The first-order valence-electron chi connectivity index (χ1n) is 6.99. The monoisotopic (exact) mass is 252 g/mol. The van der Waals surface area contributed by atoms with E-state index in [2.05, 4.69) is 42.9 Å². The molecule has 0 amide bonds. The minimum Gasteiger partial charge on any atom is -0.385 e. The number of unbranched alkanes of at least 4 members (excludes halogenated alkanes) is 1. The molecular formula is C15H28N2O. The first-order chi connectivity index (χ1) is 8.65. The van der Waals surface area contributed by atoms with E-state index >= 15 is 0 Å². The molecule has 3 nitrogen and oxygen atoms in total. The highest BCUT2D eigenvalue weighted by atomic mass is 16.5. The molecule has 0 radical (unpaired) electrons. The maximum absolute atomic E-state index is 5.07.